The number of aliphatic hydroxyl groups is 4. The average Bonchev–Trinajstić information content (AvgIpc) is 2.99. The number of carbonyl (C=O) groups excluding carboxylic acids is 2. The highest BCUT2D eigenvalue weighted by atomic mass is 16.3. The van der Waals surface area contributed by atoms with E-state index < -0.39 is 46.8 Å². The summed E-state index contributed by atoms with van der Waals surface area (Å²) in [7, 11) is 0. The van der Waals surface area contributed by atoms with Gasteiger partial charge in [-0.25, -0.2) is 0 Å². The standard InChI is InChI=1S/C40H52O6/c1-25(17-13-19-27(3)21-23-31-29(5)33(41)35(43)37(45)39(31,7)8)15-11-12-16-26(2)18-14-20-28(4)22-24-32-30(6)34(42)36(44)38(46)40(32,9)10/h11-24,35-38,43-46H,1-10H3. The predicted molar refractivity (Wildman–Crippen MR) is 188 cm³/mol. The van der Waals surface area contributed by atoms with Gasteiger partial charge in [0.05, 0.1) is 12.2 Å². The van der Waals surface area contributed by atoms with Crippen molar-refractivity contribution < 1.29 is 30.0 Å². The highest BCUT2D eigenvalue weighted by Gasteiger charge is 2.46. The second-order valence-corrected chi connectivity index (χ2v) is 13.4. The fourth-order valence-corrected chi connectivity index (χ4v) is 5.52. The molecule has 2 rings (SSSR count). The lowest BCUT2D eigenvalue weighted by Gasteiger charge is -2.39. The lowest BCUT2D eigenvalue weighted by Crippen LogP contribution is -2.49. The summed E-state index contributed by atoms with van der Waals surface area (Å²) >= 11 is 0. The Balaban J connectivity index is 1.98. The Morgan fingerprint density at radius 2 is 0.804 bits per heavy atom. The Bertz CT molecular complexity index is 1410. The molecule has 0 aliphatic heterocycles. The molecule has 4 N–H and O–H groups in total. The molecule has 4 unspecified atom stereocenters. The summed E-state index contributed by atoms with van der Waals surface area (Å²) in [5, 5.41) is 40.9. The molecule has 2 aliphatic rings. The van der Waals surface area contributed by atoms with E-state index in [1.807, 2.05) is 140 Å². The van der Waals surface area contributed by atoms with E-state index in [1.165, 1.54) is 0 Å². The zero-order valence-electron chi connectivity index (χ0n) is 29.0. The maximum atomic E-state index is 12.3. The molecule has 0 saturated heterocycles. The van der Waals surface area contributed by atoms with E-state index in [2.05, 4.69) is 0 Å². The predicted octanol–water partition coefficient (Wildman–Crippen LogP) is 6.85. The van der Waals surface area contributed by atoms with Crippen molar-refractivity contribution in [2.24, 2.45) is 10.8 Å². The van der Waals surface area contributed by atoms with Crippen LogP contribution >= 0.6 is 0 Å². The van der Waals surface area contributed by atoms with E-state index in [1.54, 1.807) is 13.8 Å². The summed E-state index contributed by atoms with van der Waals surface area (Å²) < 4.78 is 0. The second kappa shape index (κ2) is 16.2. The molecule has 248 valence electrons. The van der Waals surface area contributed by atoms with Crippen LogP contribution in [-0.2, 0) is 9.59 Å². The van der Waals surface area contributed by atoms with E-state index in [9.17, 15) is 30.0 Å². The third-order valence-electron chi connectivity index (χ3n) is 8.84. The highest BCUT2D eigenvalue weighted by molar-refractivity contribution is 6.01. The average molecular weight is 629 g/mol. The molecule has 0 amide bonds. The normalized spacial score (nSPS) is 27.3. The van der Waals surface area contributed by atoms with Gasteiger partial charge in [-0.2, -0.15) is 0 Å². The fraction of sp³-hybridized carbons (Fsp3) is 0.400. The van der Waals surface area contributed by atoms with Crippen LogP contribution in [0.5, 0.6) is 0 Å². The molecular formula is C40H52O6. The first-order valence-electron chi connectivity index (χ1n) is 15.6. The Kier molecular flexibility index (Phi) is 13.6. The van der Waals surface area contributed by atoms with Crippen LogP contribution in [0.1, 0.15) is 69.2 Å². The van der Waals surface area contributed by atoms with Gasteiger partial charge in [0, 0.05) is 10.8 Å². The molecule has 0 bridgehead atoms. The zero-order chi connectivity index (χ0) is 35.0. The summed E-state index contributed by atoms with van der Waals surface area (Å²) in [5.41, 5.74) is 5.02. The molecule has 46 heavy (non-hydrogen) atoms. The van der Waals surface area contributed by atoms with Crippen LogP contribution in [0.4, 0.5) is 0 Å². The number of allylic oxidation sites excluding steroid dienone is 18. The lowest BCUT2D eigenvalue weighted by molar-refractivity contribution is -0.136. The van der Waals surface area contributed by atoms with Gasteiger partial charge in [-0.1, -0.05) is 135 Å². The largest absolute Gasteiger partial charge is 0.389 e. The van der Waals surface area contributed by atoms with Gasteiger partial charge >= 0.3 is 0 Å². The van der Waals surface area contributed by atoms with Gasteiger partial charge in [-0.3, -0.25) is 9.59 Å². The minimum Gasteiger partial charge on any atom is -0.389 e. The molecule has 0 heterocycles. The van der Waals surface area contributed by atoms with Crippen LogP contribution in [0.25, 0.3) is 0 Å². The summed E-state index contributed by atoms with van der Waals surface area (Å²) in [4.78, 5) is 24.6. The molecule has 0 fully saturated rings. The van der Waals surface area contributed by atoms with Crippen LogP contribution < -0.4 is 0 Å². The number of hydrogen-bond acceptors (Lipinski definition) is 6. The number of Topliss-reactive ketones (excluding diaryl/α,β-unsaturated/α-hetero) is 2. The van der Waals surface area contributed by atoms with Crippen LogP contribution in [0, 0.1) is 10.8 Å². The molecule has 0 radical (unpaired) electrons. The first kappa shape index (κ1) is 38.5. The van der Waals surface area contributed by atoms with Gasteiger partial charge in [0.1, 0.15) is 12.2 Å². The number of rotatable bonds is 10. The van der Waals surface area contributed by atoms with Gasteiger partial charge in [0.15, 0.2) is 11.6 Å². The van der Waals surface area contributed by atoms with Gasteiger partial charge in [-0.05, 0) is 63.8 Å². The minimum absolute atomic E-state index is 0.434. The number of carbonyl (C=O) groups is 2. The molecule has 0 aromatic carbocycles. The quantitative estimate of drug-likeness (QED) is 0.197. The van der Waals surface area contributed by atoms with Crippen LogP contribution in [0.2, 0.25) is 0 Å². The van der Waals surface area contributed by atoms with E-state index in [0.29, 0.717) is 11.1 Å². The van der Waals surface area contributed by atoms with Crippen LogP contribution in [-0.4, -0.2) is 56.4 Å². The van der Waals surface area contributed by atoms with E-state index in [0.717, 1.165) is 33.4 Å². The fourth-order valence-electron chi connectivity index (χ4n) is 5.52. The molecule has 0 spiro atoms. The second-order valence-electron chi connectivity index (χ2n) is 13.4. The van der Waals surface area contributed by atoms with Crippen LogP contribution in [0.3, 0.4) is 0 Å². The van der Waals surface area contributed by atoms with Crippen molar-refractivity contribution in [2.75, 3.05) is 0 Å². The Morgan fingerprint density at radius 3 is 1.13 bits per heavy atom. The van der Waals surface area contributed by atoms with Crippen molar-refractivity contribution in [1.29, 1.82) is 0 Å². The maximum absolute atomic E-state index is 12.3. The Labute approximate surface area is 275 Å². The molecule has 0 aromatic rings. The zero-order valence-corrected chi connectivity index (χ0v) is 29.0. The van der Waals surface area contributed by atoms with Gasteiger partial charge in [0.2, 0.25) is 0 Å². The molecule has 2 aliphatic carbocycles. The highest BCUT2D eigenvalue weighted by Crippen LogP contribution is 2.41. The summed E-state index contributed by atoms with van der Waals surface area (Å²) in [6.07, 6.45) is 22.3. The molecule has 0 aromatic heterocycles. The van der Waals surface area contributed by atoms with Crippen molar-refractivity contribution in [1.82, 2.24) is 0 Å². The first-order valence-corrected chi connectivity index (χ1v) is 15.6. The van der Waals surface area contributed by atoms with Crippen molar-refractivity contribution in [2.45, 2.75) is 93.7 Å². The minimum atomic E-state index is -1.39. The van der Waals surface area contributed by atoms with Gasteiger partial charge in [-0.15, -0.1) is 0 Å². The van der Waals surface area contributed by atoms with E-state index in [4.69, 9.17) is 0 Å². The summed E-state index contributed by atoms with van der Waals surface area (Å²) in [6.45, 7) is 18.6. The maximum Gasteiger partial charge on any atom is 0.189 e. The number of hydrogen-bond donors (Lipinski definition) is 4. The first-order chi connectivity index (χ1) is 21.3. The van der Waals surface area contributed by atoms with Crippen molar-refractivity contribution >= 4 is 11.6 Å². The number of aliphatic hydroxyl groups excluding tert-OH is 4. The Morgan fingerprint density at radius 1 is 0.522 bits per heavy atom. The molecule has 4 atom stereocenters. The summed E-state index contributed by atoms with van der Waals surface area (Å²) in [5.74, 6) is -0.868. The SMILES string of the molecule is CC(C=CC=C(C)C=CC1=C(C)C(=O)C(O)C(O)C1(C)C)=CC=CC=C(C)C=CC=C(C)C=CC1=C(C)C(=O)C(O)C(O)C1(C)C. The van der Waals surface area contributed by atoms with Crippen LogP contribution in [0.15, 0.2) is 130 Å². The van der Waals surface area contributed by atoms with Crippen molar-refractivity contribution in [3.63, 3.8) is 0 Å². The molecule has 6 nitrogen and oxygen atoms in total. The third-order valence-corrected chi connectivity index (χ3v) is 8.84. The van der Waals surface area contributed by atoms with E-state index >= 15 is 0 Å². The molecule has 6 heteroatoms. The van der Waals surface area contributed by atoms with Crippen molar-refractivity contribution in [3.8, 4) is 0 Å². The third kappa shape index (κ3) is 9.43. The topological polar surface area (TPSA) is 115 Å². The van der Waals surface area contributed by atoms with Crippen molar-refractivity contribution in [3.05, 3.63) is 130 Å². The van der Waals surface area contributed by atoms with E-state index in [-0.39, 0.29) is 0 Å². The van der Waals surface area contributed by atoms with Gasteiger partial charge in [0.25, 0.3) is 0 Å². The summed E-state index contributed by atoms with van der Waals surface area (Å²) in [6, 6.07) is 0. The molecular weight excluding hydrogens is 576 g/mol. The Hall–Kier alpha value is -3.68. The molecule has 0 saturated carbocycles. The lowest BCUT2D eigenvalue weighted by atomic mass is 9.69. The smallest absolute Gasteiger partial charge is 0.189 e. The monoisotopic (exact) mass is 628 g/mol. The number of ketones is 2. The van der Waals surface area contributed by atoms with Gasteiger partial charge < -0.3 is 20.4 Å².